The Hall–Kier alpha value is -0.520. The molecule has 2 rings (SSSR count). The first kappa shape index (κ1) is 13.9. The fourth-order valence-electron chi connectivity index (χ4n) is 2.41. The van der Waals surface area contributed by atoms with E-state index in [0.717, 1.165) is 19.3 Å². The predicted molar refractivity (Wildman–Crippen MR) is 69.3 cm³/mol. The van der Waals surface area contributed by atoms with Crippen molar-refractivity contribution < 1.29 is 13.5 Å². The van der Waals surface area contributed by atoms with E-state index in [9.17, 15) is 8.78 Å². The monoisotopic (exact) mass is 319 g/mol. The lowest BCUT2D eigenvalue weighted by molar-refractivity contribution is 0.0845. The van der Waals surface area contributed by atoms with Gasteiger partial charge in [-0.2, -0.15) is 0 Å². The molecule has 1 aliphatic rings. The maximum absolute atomic E-state index is 13.8. The van der Waals surface area contributed by atoms with Crippen molar-refractivity contribution in [2.45, 2.75) is 38.0 Å². The van der Waals surface area contributed by atoms with Crippen LogP contribution in [-0.4, -0.2) is 19.3 Å². The van der Waals surface area contributed by atoms with Gasteiger partial charge >= 0.3 is 0 Å². The average Bonchev–Trinajstić information content (AvgIpc) is 2.81. The number of methoxy groups -OCH3 is 1. The Morgan fingerprint density at radius 1 is 1.39 bits per heavy atom. The van der Waals surface area contributed by atoms with Gasteiger partial charge in [-0.1, -0.05) is 0 Å². The van der Waals surface area contributed by atoms with Gasteiger partial charge in [0.05, 0.1) is 10.6 Å². The molecule has 0 bridgehead atoms. The SMILES string of the molecule is COC1CCCC1NCc1c(F)ccc(Br)c1F. The van der Waals surface area contributed by atoms with Crippen molar-refractivity contribution in [2.24, 2.45) is 0 Å². The highest BCUT2D eigenvalue weighted by atomic mass is 79.9. The van der Waals surface area contributed by atoms with Gasteiger partial charge in [0.25, 0.3) is 0 Å². The van der Waals surface area contributed by atoms with E-state index in [-0.39, 0.29) is 28.7 Å². The van der Waals surface area contributed by atoms with Crippen LogP contribution < -0.4 is 5.32 Å². The van der Waals surface area contributed by atoms with Crippen LogP contribution in [0.2, 0.25) is 0 Å². The molecule has 0 aliphatic heterocycles. The van der Waals surface area contributed by atoms with Crippen molar-refractivity contribution >= 4 is 15.9 Å². The predicted octanol–water partition coefficient (Wildman–Crippen LogP) is 3.38. The smallest absolute Gasteiger partial charge is 0.144 e. The number of rotatable bonds is 4. The molecule has 2 unspecified atom stereocenters. The molecule has 1 aromatic rings. The first-order chi connectivity index (χ1) is 8.63. The van der Waals surface area contributed by atoms with Crippen molar-refractivity contribution in [2.75, 3.05) is 7.11 Å². The molecular formula is C13H16BrF2NO. The minimum atomic E-state index is -0.533. The summed E-state index contributed by atoms with van der Waals surface area (Å²) in [6.45, 7) is 0.182. The first-order valence-electron chi connectivity index (χ1n) is 6.02. The summed E-state index contributed by atoms with van der Waals surface area (Å²) in [6, 6.07) is 2.82. The van der Waals surface area contributed by atoms with Crippen molar-refractivity contribution in [1.82, 2.24) is 5.32 Å². The van der Waals surface area contributed by atoms with Crippen LogP contribution in [-0.2, 0) is 11.3 Å². The van der Waals surface area contributed by atoms with Gasteiger partial charge in [0, 0.05) is 25.3 Å². The molecule has 18 heavy (non-hydrogen) atoms. The Morgan fingerprint density at radius 2 is 2.17 bits per heavy atom. The lowest BCUT2D eigenvalue weighted by Gasteiger charge is -2.20. The quantitative estimate of drug-likeness (QED) is 0.859. The van der Waals surface area contributed by atoms with Gasteiger partial charge < -0.3 is 10.1 Å². The average molecular weight is 320 g/mol. The Balaban J connectivity index is 2.04. The van der Waals surface area contributed by atoms with E-state index in [4.69, 9.17) is 4.74 Å². The fourth-order valence-corrected chi connectivity index (χ4v) is 2.78. The van der Waals surface area contributed by atoms with E-state index >= 15 is 0 Å². The van der Waals surface area contributed by atoms with Crippen LogP contribution in [0.1, 0.15) is 24.8 Å². The molecule has 2 nitrogen and oxygen atoms in total. The molecule has 100 valence electrons. The van der Waals surface area contributed by atoms with Gasteiger partial charge in [-0.25, -0.2) is 8.78 Å². The molecule has 0 spiro atoms. The first-order valence-corrected chi connectivity index (χ1v) is 6.81. The zero-order valence-corrected chi connectivity index (χ0v) is 11.8. The number of nitrogens with one attached hydrogen (secondary N) is 1. The number of ether oxygens (including phenoxy) is 1. The number of hydrogen-bond donors (Lipinski definition) is 1. The number of hydrogen-bond acceptors (Lipinski definition) is 2. The third-order valence-corrected chi connectivity index (χ3v) is 4.05. The number of halogens is 3. The summed E-state index contributed by atoms with van der Waals surface area (Å²) >= 11 is 3.07. The van der Waals surface area contributed by atoms with Crippen molar-refractivity contribution in [3.63, 3.8) is 0 Å². The lowest BCUT2D eigenvalue weighted by atomic mass is 10.1. The van der Waals surface area contributed by atoms with E-state index in [2.05, 4.69) is 21.2 Å². The highest BCUT2D eigenvalue weighted by Gasteiger charge is 2.27. The normalized spacial score (nSPS) is 23.6. The molecular weight excluding hydrogens is 304 g/mol. The van der Waals surface area contributed by atoms with E-state index < -0.39 is 11.6 Å². The van der Waals surface area contributed by atoms with Gasteiger partial charge in [0.2, 0.25) is 0 Å². The van der Waals surface area contributed by atoms with Crippen molar-refractivity contribution in [3.8, 4) is 0 Å². The molecule has 2 atom stereocenters. The van der Waals surface area contributed by atoms with Crippen LogP contribution >= 0.6 is 15.9 Å². The minimum absolute atomic E-state index is 0.0751. The summed E-state index contributed by atoms with van der Waals surface area (Å²) < 4.78 is 32.9. The molecule has 0 heterocycles. The second-order valence-corrected chi connectivity index (χ2v) is 5.37. The summed E-state index contributed by atoms with van der Waals surface area (Å²) in [5.41, 5.74) is 0.0751. The van der Waals surface area contributed by atoms with E-state index in [0.29, 0.717) is 0 Å². The summed E-state index contributed by atoms with van der Waals surface area (Å²) in [6.07, 6.45) is 3.20. The van der Waals surface area contributed by atoms with Crippen LogP contribution in [0.4, 0.5) is 8.78 Å². The third-order valence-electron chi connectivity index (χ3n) is 3.44. The minimum Gasteiger partial charge on any atom is -0.380 e. The van der Waals surface area contributed by atoms with Gasteiger partial charge in [-0.3, -0.25) is 0 Å². The third kappa shape index (κ3) is 2.90. The standard InChI is InChI=1S/C13H16BrF2NO/c1-18-12-4-2-3-11(12)17-7-8-10(15)6-5-9(14)13(8)16/h5-6,11-12,17H,2-4,7H2,1H3. The van der Waals surface area contributed by atoms with E-state index in [1.54, 1.807) is 7.11 Å². The summed E-state index contributed by atoms with van der Waals surface area (Å²) in [5, 5.41) is 3.18. The van der Waals surface area contributed by atoms with Crippen LogP contribution in [0.15, 0.2) is 16.6 Å². The maximum atomic E-state index is 13.8. The second-order valence-electron chi connectivity index (χ2n) is 4.51. The van der Waals surface area contributed by atoms with Crippen molar-refractivity contribution in [3.05, 3.63) is 33.8 Å². The van der Waals surface area contributed by atoms with Gasteiger partial charge in [0.15, 0.2) is 0 Å². The van der Waals surface area contributed by atoms with Crippen molar-refractivity contribution in [1.29, 1.82) is 0 Å². The summed E-state index contributed by atoms with van der Waals surface area (Å²) in [4.78, 5) is 0. The Bertz CT molecular complexity index is 428. The molecule has 0 aromatic heterocycles. The van der Waals surface area contributed by atoms with Crippen LogP contribution in [0, 0.1) is 11.6 Å². The van der Waals surface area contributed by atoms with Crippen LogP contribution in [0.25, 0.3) is 0 Å². The van der Waals surface area contributed by atoms with E-state index in [1.807, 2.05) is 0 Å². The zero-order valence-electron chi connectivity index (χ0n) is 10.2. The molecule has 0 amide bonds. The molecule has 1 aliphatic carbocycles. The molecule has 5 heteroatoms. The fraction of sp³-hybridized carbons (Fsp3) is 0.538. The molecule has 1 aromatic carbocycles. The lowest BCUT2D eigenvalue weighted by Crippen LogP contribution is -2.36. The zero-order chi connectivity index (χ0) is 13.1. The second kappa shape index (κ2) is 6.08. The Morgan fingerprint density at radius 3 is 2.89 bits per heavy atom. The Labute approximate surface area is 114 Å². The topological polar surface area (TPSA) is 21.3 Å². The van der Waals surface area contributed by atoms with Gasteiger partial charge in [0.1, 0.15) is 11.6 Å². The Kier molecular flexibility index (Phi) is 4.70. The highest BCUT2D eigenvalue weighted by Crippen LogP contribution is 2.24. The molecule has 1 fully saturated rings. The maximum Gasteiger partial charge on any atom is 0.144 e. The van der Waals surface area contributed by atoms with Gasteiger partial charge in [-0.05, 0) is 47.3 Å². The summed E-state index contributed by atoms with van der Waals surface area (Å²) in [7, 11) is 1.67. The van der Waals surface area contributed by atoms with Crippen LogP contribution in [0.5, 0.6) is 0 Å². The molecule has 1 N–H and O–H groups in total. The van der Waals surface area contributed by atoms with Gasteiger partial charge in [-0.15, -0.1) is 0 Å². The molecule has 0 saturated heterocycles. The highest BCUT2D eigenvalue weighted by molar-refractivity contribution is 9.10. The summed E-state index contributed by atoms with van der Waals surface area (Å²) in [5.74, 6) is -1.05. The molecule has 1 saturated carbocycles. The molecule has 0 radical (unpaired) electrons. The largest absolute Gasteiger partial charge is 0.380 e. The van der Waals surface area contributed by atoms with Crippen LogP contribution in [0.3, 0.4) is 0 Å². The number of benzene rings is 1. The van der Waals surface area contributed by atoms with E-state index in [1.165, 1.54) is 12.1 Å².